The molecule has 3 heteroatoms. The minimum absolute atomic E-state index is 0.00805. The van der Waals surface area contributed by atoms with Gasteiger partial charge >= 0.3 is 5.97 Å². The molecule has 2 aliphatic rings. The zero-order chi connectivity index (χ0) is 20.4. The van der Waals surface area contributed by atoms with Gasteiger partial charge in [0.05, 0.1) is 6.42 Å². The van der Waals surface area contributed by atoms with Crippen molar-refractivity contribution in [2.24, 2.45) is 11.8 Å². The lowest BCUT2D eigenvalue weighted by Crippen LogP contribution is -2.43. The van der Waals surface area contributed by atoms with Gasteiger partial charge in [-0.2, -0.15) is 0 Å². The molecule has 1 saturated carbocycles. The number of ether oxygens (including phenoxy) is 1. The SMILES string of the molecule is C[C@@H]1CC[C@@H](C(C)(C)c2ccccc2)[C@H](OC(=O)C[C@H]2CCCn3cccc32)C1. The first-order chi connectivity index (χ1) is 13.9. The van der Waals surface area contributed by atoms with E-state index in [-0.39, 0.29) is 17.5 Å². The van der Waals surface area contributed by atoms with Crippen molar-refractivity contribution in [3.05, 3.63) is 59.9 Å². The van der Waals surface area contributed by atoms with Crippen molar-refractivity contribution in [1.82, 2.24) is 4.57 Å². The first-order valence-corrected chi connectivity index (χ1v) is 11.3. The summed E-state index contributed by atoms with van der Waals surface area (Å²) in [4.78, 5) is 13.0. The van der Waals surface area contributed by atoms with Gasteiger partial charge in [0.2, 0.25) is 0 Å². The molecule has 0 saturated heterocycles. The van der Waals surface area contributed by atoms with E-state index in [1.165, 1.54) is 17.7 Å². The predicted octanol–water partition coefficient (Wildman–Crippen LogP) is 6.08. The number of benzene rings is 1. The van der Waals surface area contributed by atoms with Crippen LogP contribution in [0.2, 0.25) is 0 Å². The number of nitrogens with zero attached hydrogens (tertiary/aromatic N) is 1. The lowest BCUT2D eigenvalue weighted by molar-refractivity contribution is -0.157. The third kappa shape index (κ3) is 4.29. The van der Waals surface area contributed by atoms with Gasteiger partial charge < -0.3 is 9.30 Å². The summed E-state index contributed by atoms with van der Waals surface area (Å²) in [6, 6.07) is 15.0. The van der Waals surface area contributed by atoms with E-state index in [0.717, 1.165) is 32.2 Å². The molecule has 0 amide bonds. The third-order valence-electron chi connectivity index (χ3n) is 7.43. The zero-order valence-electron chi connectivity index (χ0n) is 18.1. The molecule has 2 heterocycles. The number of aromatic nitrogens is 1. The summed E-state index contributed by atoms with van der Waals surface area (Å²) in [7, 11) is 0. The van der Waals surface area contributed by atoms with Crippen LogP contribution in [0.15, 0.2) is 48.7 Å². The Labute approximate surface area is 175 Å². The molecule has 1 aromatic heterocycles. The molecule has 0 N–H and O–H groups in total. The number of esters is 1. The molecule has 0 bridgehead atoms. The molecule has 4 atom stereocenters. The lowest BCUT2D eigenvalue weighted by Gasteiger charge is -2.44. The maximum absolute atomic E-state index is 13.0. The van der Waals surface area contributed by atoms with Crippen LogP contribution in [0.3, 0.4) is 0 Å². The molecule has 4 rings (SSSR count). The minimum Gasteiger partial charge on any atom is -0.462 e. The van der Waals surface area contributed by atoms with Gasteiger partial charge in [-0.1, -0.05) is 57.5 Å². The Balaban J connectivity index is 1.47. The van der Waals surface area contributed by atoms with E-state index in [1.807, 2.05) is 0 Å². The standard InChI is InChI=1S/C26H35NO2/c1-19-13-14-22(26(2,3)21-10-5-4-6-11-21)24(17-19)29-25(28)18-20-9-7-15-27-16-8-12-23(20)27/h4-6,8,10-12,16,19-20,22,24H,7,9,13-15,17-18H2,1-3H3/t19-,20-,22-,24-/m1/s1. The van der Waals surface area contributed by atoms with Crippen molar-refractivity contribution < 1.29 is 9.53 Å². The highest BCUT2D eigenvalue weighted by Crippen LogP contribution is 2.44. The van der Waals surface area contributed by atoms with Gasteiger partial charge in [0, 0.05) is 30.3 Å². The van der Waals surface area contributed by atoms with Gasteiger partial charge in [-0.05, 0) is 54.7 Å². The van der Waals surface area contributed by atoms with Crippen LogP contribution in [0.5, 0.6) is 0 Å². The fourth-order valence-electron chi connectivity index (χ4n) is 5.65. The van der Waals surface area contributed by atoms with Crippen LogP contribution in [0.4, 0.5) is 0 Å². The van der Waals surface area contributed by atoms with Crippen LogP contribution in [-0.2, 0) is 21.5 Å². The molecule has 0 unspecified atom stereocenters. The Kier molecular flexibility index (Phi) is 5.85. The van der Waals surface area contributed by atoms with E-state index < -0.39 is 0 Å². The summed E-state index contributed by atoms with van der Waals surface area (Å²) in [5.74, 6) is 1.26. The molecule has 3 nitrogen and oxygen atoms in total. The smallest absolute Gasteiger partial charge is 0.306 e. The average molecular weight is 394 g/mol. The van der Waals surface area contributed by atoms with Gasteiger partial charge in [-0.15, -0.1) is 0 Å². The van der Waals surface area contributed by atoms with Crippen molar-refractivity contribution in [3.8, 4) is 0 Å². The molecule has 1 aliphatic carbocycles. The summed E-state index contributed by atoms with van der Waals surface area (Å²) < 4.78 is 8.53. The van der Waals surface area contributed by atoms with E-state index in [1.54, 1.807) is 0 Å². The Bertz CT molecular complexity index is 822. The fraction of sp³-hybridized carbons (Fsp3) is 0.577. The minimum atomic E-state index is -0.0161. The highest BCUT2D eigenvalue weighted by Gasteiger charge is 2.42. The first kappa shape index (κ1) is 20.3. The maximum atomic E-state index is 13.0. The van der Waals surface area contributed by atoms with E-state index in [2.05, 4.69) is 74.0 Å². The number of carbonyl (C=O) groups excluding carboxylic acids is 1. The number of fused-ring (bicyclic) bond motifs is 1. The van der Waals surface area contributed by atoms with Crippen LogP contribution < -0.4 is 0 Å². The van der Waals surface area contributed by atoms with Crippen LogP contribution in [0, 0.1) is 11.8 Å². The summed E-state index contributed by atoms with van der Waals surface area (Å²) in [6.45, 7) is 8.00. The molecule has 2 aromatic rings. The van der Waals surface area contributed by atoms with Crippen LogP contribution in [-0.4, -0.2) is 16.6 Å². The molecule has 0 radical (unpaired) electrons. The van der Waals surface area contributed by atoms with Gasteiger partial charge in [-0.3, -0.25) is 4.79 Å². The average Bonchev–Trinajstić information content (AvgIpc) is 3.18. The zero-order valence-corrected chi connectivity index (χ0v) is 18.1. The maximum Gasteiger partial charge on any atom is 0.306 e. The molecule has 0 spiro atoms. The predicted molar refractivity (Wildman–Crippen MR) is 117 cm³/mol. The van der Waals surface area contributed by atoms with Crippen LogP contribution >= 0.6 is 0 Å². The monoisotopic (exact) mass is 393 g/mol. The Morgan fingerprint density at radius 3 is 2.69 bits per heavy atom. The molecule has 29 heavy (non-hydrogen) atoms. The molecule has 1 aliphatic heterocycles. The van der Waals surface area contributed by atoms with Crippen molar-refractivity contribution in [2.75, 3.05) is 0 Å². The van der Waals surface area contributed by atoms with E-state index in [9.17, 15) is 4.79 Å². The Hall–Kier alpha value is -2.03. The summed E-state index contributed by atoms with van der Waals surface area (Å²) in [5.41, 5.74) is 2.63. The Morgan fingerprint density at radius 2 is 1.90 bits per heavy atom. The van der Waals surface area contributed by atoms with Crippen molar-refractivity contribution in [2.45, 2.75) is 83.3 Å². The topological polar surface area (TPSA) is 31.2 Å². The second-order valence-corrected chi connectivity index (χ2v) is 9.81. The Morgan fingerprint density at radius 1 is 1.10 bits per heavy atom. The summed E-state index contributed by atoms with van der Waals surface area (Å²) in [5, 5.41) is 0. The lowest BCUT2D eigenvalue weighted by atomic mass is 9.64. The number of hydrogen-bond acceptors (Lipinski definition) is 2. The number of hydrogen-bond donors (Lipinski definition) is 0. The fourth-order valence-corrected chi connectivity index (χ4v) is 5.65. The third-order valence-corrected chi connectivity index (χ3v) is 7.43. The summed E-state index contributed by atoms with van der Waals surface area (Å²) >= 11 is 0. The van der Waals surface area contributed by atoms with Gasteiger partial charge in [0.25, 0.3) is 0 Å². The van der Waals surface area contributed by atoms with Gasteiger partial charge in [0.1, 0.15) is 6.10 Å². The number of aryl methyl sites for hydroxylation is 1. The van der Waals surface area contributed by atoms with Gasteiger partial charge in [0.15, 0.2) is 0 Å². The second-order valence-electron chi connectivity index (χ2n) is 9.81. The molecule has 156 valence electrons. The van der Waals surface area contributed by atoms with Crippen LogP contribution in [0.25, 0.3) is 0 Å². The van der Waals surface area contributed by atoms with Crippen LogP contribution in [0.1, 0.15) is 76.5 Å². The number of rotatable bonds is 5. The normalized spacial score (nSPS) is 27.3. The van der Waals surface area contributed by atoms with E-state index >= 15 is 0 Å². The second kappa shape index (κ2) is 8.38. The highest BCUT2D eigenvalue weighted by atomic mass is 16.5. The highest BCUT2D eigenvalue weighted by molar-refractivity contribution is 5.70. The quantitative estimate of drug-likeness (QED) is 0.576. The molecular formula is C26H35NO2. The van der Waals surface area contributed by atoms with E-state index in [4.69, 9.17) is 4.74 Å². The summed E-state index contributed by atoms with van der Waals surface area (Å²) in [6.07, 6.45) is 8.19. The van der Waals surface area contributed by atoms with E-state index in [0.29, 0.717) is 24.2 Å². The molecule has 1 aromatic carbocycles. The first-order valence-electron chi connectivity index (χ1n) is 11.3. The number of carbonyl (C=O) groups is 1. The molecule has 1 fully saturated rings. The van der Waals surface area contributed by atoms with Crippen molar-refractivity contribution >= 4 is 5.97 Å². The van der Waals surface area contributed by atoms with Gasteiger partial charge in [-0.25, -0.2) is 0 Å². The molecular weight excluding hydrogens is 358 g/mol. The van der Waals surface area contributed by atoms with Crippen molar-refractivity contribution in [1.29, 1.82) is 0 Å². The largest absolute Gasteiger partial charge is 0.462 e. The van der Waals surface area contributed by atoms with Crippen molar-refractivity contribution in [3.63, 3.8) is 0 Å².